The van der Waals surface area contributed by atoms with Crippen LogP contribution < -0.4 is 4.90 Å². The molecule has 0 radical (unpaired) electrons. The van der Waals surface area contributed by atoms with Crippen LogP contribution in [0.25, 0.3) is 6.08 Å². The number of nitrogens with zero attached hydrogens (tertiary/aromatic N) is 5. The van der Waals surface area contributed by atoms with Gasteiger partial charge >= 0.3 is 6.09 Å². The molecule has 0 bridgehead atoms. The molecule has 9 nitrogen and oxygen atoms in total. The van der Waals surface area contributed by atoms with Crippen LogP contribution in [0, 0.1) is 5.92 Å². The number of allylic oxidation sites excluding steroid dienone is 1. The predicted octanol–water partition coefficient (Wildman–Crippen LogP) is 1.83. The smallest absolute Gasteiger partial charge is 0.410 e. The van der Waals surface area contributed by atoms with Crippen LogP contribution in [0.1, 0.15) is 32.3 Å². The summed E-state index contributed by atoms with van der Waals surface area (Å²) in [5.74, 6) is 1.04. The predicted molar refractivity (Wildman–Crippen MR) is 116 cm³/mol. The number of hydrogen-bond donors (Lipinski definition) is 0. The molecule has 0 unspecified atom stereocenters. The number of sulfonamides is 1. The number of anilines is 1. The summed E-state index contributed by atoms with van der Waals surface area (Å²) in [6.07, 6.45) is 10.5. The van der Waals surface area contributed by atoms with Crippen molar-refractivity contribution < 1.29 is 17.9 Å². The zero-order valence-corrected chi connectivity index (χ0v) is 18.7. The number of likely N-dealkylation sites (tertiary alicyclic amines) is 1. The monoisotopic (exact) mass is 437 g/mol. The summed E-state index contributed by atoms with van der Waals surface area (Å²) in [6, 6.07) is 0. The molecule has 0 aliphatic carbocycles. The number of hydrogen-bond acceptors (Lipinski definition) is 7. The molecule has 166 valence electrons. The first-order chi connectivity index (χ1) is 14.2. The molecule has 0 atom stereocenters. The average molecular weight is 438 g/mol. The molecule has 1 amide bonds. The number of piperidine rings is 1. The van der Waals surface area contributed by atoms with Crippen molar-refractivity contribution >= 4 is 28.1 Å². The molecule has 10 heteroatoms. The van der Waals surface area contributed by atoms with Crippen LogP contribution in [-0.2, 0) is 14.8 Å². The van der Waals surface area contributed by atoms with Crippen LogP contribution in [-0.4, -0.2) is 85.3 Å². The summed E-state index contributed by atoms with van der Waals surface area (Å²) in [5, 5.41) is 0. The largest absolute Gasteiger partial charge is 0.447 e. The van der Waals surface area contributed by atoms with Gasteiger partial charge in [-0.1, -0.05) is 12.2 Å². The van der Waals surface area contributed by atoms with E-state index in [4.69, 9.17) is 4.74 Å². The van der Waals surface area contributed by atoms with Gasteiger partial charge in [-0.15, -0.1) is 0 Å². The van der Waals surface area contributed by atoms with Crippen LogP contribution in [0.15, 0.2) is 18.5 Å². The minimum absolute atomic E-state index is 0.0957. The molecule has 2 aliphatic rings. The van der Waals surface area contributed by atoms with Gasteiger partial charge in [-0.25, -0.2) is 23.2 Å². The van der Waals surface area contributed by atoms with Crippen LogP contribution >= 0.6 is 0 Å². The second-order valence-corrected chi connectivity index (χ2v) is 10.1. The average Bonchev–Trinajstić information content (AvgIpc) is 2.72. The van der Waals surface area contributed by atoms with Gasteiger partial charge in [0.25, 0.3) is 0 Å². The van der Waals surface area contributed by atoms with Gasteiger partial charge in [-0.05, 0) is 32.6 Å². The van der Waals surface area contributed by atoms with E-state index in [1.54, 1.807) is 17.3 Å². The second-order valence-electron chi connectivity index (χ2n) is 8.08. The molecule has 2 saturated heterocycles. The van der Waals surface area contributed by atoms with Crippen molar-refractivity contribution in [2.45, 2.75) is 32.8 Å². The van der Waals surface area contributed by atoms with Crippen molar-refractivity contribution in [3.8, 4) is 0 Å². The Morgan fingerprint density at radius 1 is 1.10 bits per heavy atom. The summed E-state index contributed by atoms with van der Waals surface area (Å²) in [6.45, 7) is 7.19. The summed E-state index contributed by atoms with van der Waals surface area (Å²) in [4.78, 5) is 24.6. The third-order valence-corrected chi connectivity index (χ3v) is 6.65. The van der Waals surface area contributed by atoms with E-state index < -0.39 is 10.0 Å². The van der Waals surface area contributed by atoms with Crippen molar-refractivity contribution in [1.82, 2.24) is 19.2 Å². The molecule has 2 fully saturated rings. The molecule has 1 aromatic rings. The van der Waals surface area contributed by atoms with E-state index in [-0.39, 0.29) is 12.2 Å². The Balaban J connectivity index is 1.47. The number of rotatable bonds is 5. The molecule has 1 aromatic heterocycles. The molecular weight excluding hydrogens is 406 g/mol. The first-order valence-electron chi connectivity index (χ1n) is 10.4. The van der Waals surface area contributed by atoms with Crippen LogP contribution in [0.2, 0.25) is 0 Å². The summed E-state index contributed by atoms with van der Waals surface area (Å²) in [5.41, 5.74) is 0.926. The van der Waals surface area contributed by atoms with Gasteiger partial charge in [-0.2, -0.15) is 4.31 Å². The number of aromatic nitrogens is 2. The molecule has 2 aliphatic heterocycles. The van der Waals surface area contributed by atoms with E-state index in [9.17, 15) is 13.2 Å². The lowest BCUT2D eigenvalue weighted by molar-refractivity contribution is 0.0679. The van der Waals surface area contributed by atoms with Gasteiger partial charge in [0.15, 0.2) is 0 Å². The van der Waals surface area contributed by atoms with Gasteiger partial charge in [0, 0.05) is 57.2 Å². The number of carbonyl (C=O) groups is 1. The van der Waals surface area contributed by atoms with Crippen molar-refractivity contribution in [3.05, 3.63) is 24.0 Å². The summed E-state index contributed by atoms with van der Waals surface area (Å²) >= 11 is 0. The maximum Gasteiger partial charge on any atom is 0.410 e. The maximum absolute atomic E-state index is 12.0. The van der Waals surface area contributed by atoms with Crippen LogP contribution in [0.3, 0.4) is 0 Å². The Kier molecular flexibility index (Phi) is 7.30. The van der Waals surface area contributed by atoms with Crippen molar-refractivity contribution in [2.75, 3.05) is 50.4 Å². The fourth-order valence-electron chi connectivity index (χ4n) is 3.60. The number of carbonyl (C=O) groups excluding carboxylic acids is 1. The molecule has 3 rings (SSSR count). The van der Waals surface area contributed by atoms with Crippen LogP contribution in [0.5, 0.6) is 0 Å². The Morgan fingerprint density at radius 2 is 1.70 bits per heavy atom. The molecule has 0 aromatic carbocycles. The fourth-order valence-corrected chi connectivity index (χ4v) is 4.42. The molecule has 0 N–H and O–H groups in total. The SMILES string of the molecule is CC(C)OC(=O)N1CCC(C=Cc2cnc(N3CCN(S(C)(=O)=O)CC3)nc2)CC1. The summed E-state index contributed by atoms with van der Waals surface area (Å²) in [7, 11) is -3.14. The number of ether oxygens (including phenoxy) is 1. The summed E-state index contributed by atoms with van der Waals surface area (Å²) < 4.78 is 30.0. The molecular formula is C20H31N5O4S. The molecule has 0 saturated carbocycles. The van der Waals surface area contributed by atoms with Gasteiger partial charge in [-0.3, -0.25) is 0 Å². The quantitative estimate of drug-likeness (QED) is 0.693. The highest BCUT2D eigenvalue weighted by molar-refractivity contribution is 7.88. The Labute approximate surface area is 178 Å². The first kappa shape index (κ1) is 22.5. The van der Waals surface area contributed by atoms with Crippen molar-refractivity contribution in [3.63, 3.8) is 0 Å². The maximum atomic E-state index is 12.0. The minimum atomic E-state index is -3.14. The van der Waals surface area contributed by atoms with E-state index in [0.29, 0.717) is 51.1 Å². The highest BCUT2D eigenvalue weighted by atomic mass is 32.2. The standard InChI is InChI=1S/C20H31N5O4S/c1-16(2)29-20(26)24-8-6-17(7-9-24)4-5-18-14-21-19(22-15-18)23-10-12-25(13-11-23)30(3,27)28/h4-5,14-17H,6-13H2,1-3H3. The molecule has 0 spiro atoms. The van der Waals surface area contributed by atoms with Crippen molar-refractivity contribution in [2.24, 2.45) is 5.92 Å². The van der Waals surface area contributed by atoms with Crippen molar-refractivity contribution in [1.29, 1.82) is 0 Å². The van der Waals surface area contributed by atoms with Crippen LogP contribution in [0.4, 0.5) is 10.7 Å². The van der Waals surface area contributed by atoms with E-state index in [0.717, 1.165) is 18.4 Å². The van der Waals surface area contributed by atoms with E-state index >= 15 is 0 Å². The second kappa shape index (κ2) is 9.74. The molecule has 3 heterocycles. The number of piperazine rings is 1. The van der Waals surface area contributed by atoms with Gasteiger partial charge in [0.1, 0.15) is 0 Å². The third-order valence-electron chi connectivity index (χ3n) is 5.34. The van der Waals surface area contributed by atoms with E-state index in [1.165, 1.54) is 10.6 Å². The van der Waals surface area contributed by atoms with Gasteiger partial charge in [0.2, 0.25) is 16.0 Å². The third kappa shape index (κ3) is 6.15. The van der Waals surface area contributed by atoms with Gasteiger partial charge < -0.3 is 14.5 Å². The Bertz CT molecular complexity index is 840. The Morgan fingerprint density at radius 3 is 2.23 bits per heavy atom. The molecule has 30 heavy (non-hydrogen) atoms. The lowest BCUT2D eigenvalue weighted by Crippen LogP contribution is -2.48. The van der Waals surface area contributed by atoms with E-state index in [2.05, 4.69) is 16.0 Å². The highest BCUT2D eigenvalue weighted by Gasteiger charge is 2.25. The first-order valence-corrected chi connectivity index (χ1v) is 12.2. The highest BCUT2D eigenvalue weighted by Crippen LogP contribution is 2.21. The topological polar surface area (TPSA) is 95.9 Å². The fraction of sp³-hybridized carbons (Fsp3) is 0.650. The lowest BCUT2D eigenvalue weighted by Gasteiger charge is -2.33. The normalized spacial score (nSPS) is 19.6. The van der Waals surface area contributed by atoms with Gasteiger partial charge in [0.05, 0.1) is 12.4 Å². The Hall–Kier alpha value is -2.20. The number of amides is 1. The minimum Gasteiger partial charge on any atom is -0.447 e. The zero-order valence-electron chi connectivity index (χ0n) is 17.9. The van der Waals surface area contributed by atoms with E-state index in [1.807, 2.05) is 24.8 Å². The lowest BCUT2D eigenvalue weighted by atomic mass is 9.96. The zero-order chi connectivity index (χ0) is 21.7.